The monoisotopic (exact) mass is 599 g/mol. The van der Waals surface area contributed by atoms with E-state index in [0.717, 1.165) is 42.1 Å². The number of thiazole rings is 1. The molecule has 1 aromatic carbocycles. The number of aromatic nitrogens is 3. The van der Waals surface area contributed by atoms with E-state index in [1.165, 1.54) is 41.1 Å². The largest absolute Gasteiger partial charge is 0.476 e. The van der Waals surface area contributed by atoms with Crippen LogP contribution >= 0.6 is 11.3 Å². The summed E-state index contributed by atoms with van der Waals surface area (Å²) in [4.78, 5) is 39.6. The maximum Gasteiger partial charge on any atom is 0.267 e. The van der Waals surface area contributed by atoms with Crippen LogP contribution in [0.4, 0.5) is 11.5 Å². The van der Waals surface area contributed by atoms with E-state index in [9.17, 15) is 9.59 Å². The van der Waals surface area contributed by atoms with Gasteiger partial charge >= 0.3 is 0 Å². The van der Waals surface area contributed by atoms with Gasteiger partial charge in [-0.15, -0.1) is 11.3 Å². The van der Waals surface area contributed by atoms with E-state index in [2.05, 4.69) is 49.4 Å². The van der Waals surface area contributed by atoms with Crippen molar-refractivity contribution >= 4 is 45.6 Å². The number of hydrogen-bond donors (Lipinski definition) is 4. The third-order valence-corrected chi connectivity index (χ3v) is 8.71. The van der Waals surface area contributed by atoms with Crippen molar-refractivity contribution in [3.63, 3.8) is 0 Å². The third kappa shape index (κ3) is 7.11. The summed E-state index contributed by atoms with van der Waals surface area (Å²) in [5.74, 6) is 0.940. The van der Waals surface area contributed by atoms with E-state index >= 15 is 0 Å². The van der Waals surface area contributed by atoms with Gasteiger partial charge in [-0.1, -0.05) is 18.2 Å². The molecule has 224 valence electrons. The van der Waals surface area contributed by atoms with Gasteiger partial charge in [0.25, 0.3) is 5.91 Å². The number of rotatable bonds is 13. The molecule has 6 rings (SSSR count). The van der Waals surface area contributed by atoms with Gasteiger partial charge in [-0.3, -0.25) is 14.6 Å². The van der Waals surface area contributed by atoms with E-state index < -0.39 is 0 Å². The Morgan fingerprint density at radius 1 is 1.07 bits per heavy atom. The fourth-order valence-corrected chi connectivity index (χ4v) is 6.19. The Morgan fingerprint density at radius 3 is 2.79 bits per heavy atom. The topological polar surface area (TPSA) is 130 Å². The summed E-state index contributed by atoms with van der Waals surface area (Å²) in [6.45, 7) is 4.43. The highest BCUT2D eigenvalue weighted by Gasteiger charge is 2.26. The van der Waals surface area contributed by atoms with Crippen molar-refractivity contribution in [3.8, 4) is 16.5 Å². The molecule has 43 heavy (non-hydrogen) atoms. The Bertz CT molecular complexity index is 1620. The molecular weight excluding hydrogens is 562 g/mol. The van der Waals surface area contributed by atoms with Crippen LogP contribution < -0.4 is 26.0 Å². The van der Waals surface area contributed by atoms with Gasteiger partial charge in [-0.05, 0) is 75.1 Å². The van der Waals surface area contributed by atoms with Crippen LogP contribution in [0, 0.1) is 5.92 Å². The third-order valence-electron chi connectivity index (χ3n) is 7.63. The molecule has 0 aliphatic heterocycles. The number of aryl methyl sites for hydroxylation is 1. The molecule has 2 amide bonds. The second kappa shape index (κ2) is 13.5. The Morgan fingerprint density at radius 2 is 1.93 bits per heavy atom. The predicted molar refractivity (Wildman–Crippen MR) is 170 cm³/mol. The number of carbonyl (C=O) groups excluding carboxylic acids is 2. The number of ether oxygens (including phenoxy) is 1. The molecule has 4 aromatic rings. The maximum atomic E-state index is 12.7. The zero-order valence-electron chi connectivity index (χ0n) is 24.4. The van der Waals surface area contributed by atoms with E-state index in [-0.39, 0.29) is 18.4 Å². The smallest absolute Gasteiger partial charge is 0.267 e. The molecule has 1 fully saturated rings. The molecule has 2 aliphatic carbocycles. The number of hydrogen-bond acceptors (Lipinski definition) is 9. The van der Waals surface area contributed by atoms with Crippen LogP contribution in [0.5, 0.6) is 5.88 Å². The minimum Gasteiger partial charge on any atom is -0.476 e. The molecular formula is C32H37N7O3S. The van der Waals surface area contributed by atoms with Gasteiger partial charge in [-0.2, -0.15) is 0 Å². The van der Waals surface area contributed by atoms with Crippen LogP contribution in [0.2, 0.25) is 0 Å². The number of nitrogens with zero attached hydrogens (tertiary/aromatic N) is 3. The molecule has 0 bridgehead atoms. The summed E-state index contributed by atoms with van der Waals surface area (Å²) in [7, 11) is 0. The molecule has 0 unspecified atom stereocenters. The zero-order valence-corrected chi connectivity index (χ0v) is 25.2. The number of nitrogens with one attached hydrogen (secondary N) is 4. The predicted octanol–water partition coefficient (Wildman–Crippen LogP) is 4.81. The average Bonchev–Trinajstić information content (AvgIpc) is 3.76. The first-order valence-corrected chi connectivity index (χ1v) is 15.9. The quantitative estimate of drug-likeness (QED) is 0.161. The molecule has 3 aromatic heterocycles. The SMILES string of the molecule is CCNC(=O)c1sc(-c2ccnc(NC(=O)CNCCNc3c4c(nc5ccccc35)CCCC4)c2)nc1OCC1CC1. The Kier molecular flexibility index (Phi) is 9.09. The van der Waals surface area contributed by atoms with Crippen molar-refractivity contribution in [2.45, 2.75) is 45.4 Å². The number of para-hydroxylation sites is 1. The van der Waals surface area contributed by atoms with Crippen molar-refractivity contribution in [3.05, 3.63) is 58.7 Å². The number of amides is 2. The molecule has 1 saturated carbocycles. The van der Waals surface area contributed by atoms with Crippen molar-refractivity contribution in [1.29, 1.82) is 0 Å². The lowest BCUT2D eigenvalue weighted by Gasteiger charge is -2.21. The first-order chi connectivity index (χ1) is 21.1. The van der Waals surface area contributed by atoms with Crippen LogP contribution in [0.1, 0.15) is 53.5 Å². The molecule has 2 aliphatic rings. The zero-order chi connectivity index (χ0) is 29.6. The highest BCUT2D eigenvalue weighted by Crippen LogP contribution is 2.36. The molecule has 0 radical (unpaired) electrons. The van der Waals surface area contributed by atoms with Gasteiger partial charge in [-0.25, -0.2) is 9.97 Å². The van der Waals surface area contributed by atoms with Gasteiger partial charge in [0.05, 0.1) is 18.7 Å². The minimum atomic E-state index is -0.197. The summed E-state index contributed by atoms with van der Waals surface area (Å²) in [5, 5.41) is 14.3. The molecule has 0 atom stereocenters. The van der Waals surface area contributed by atoms with Crippen LogP contribution in [0.3, 0.4) is 0 Å². The van der Waals surface area contributed by atoms with Gasteiger partial charge in [0.15, 0.2) is 4.88 Å². The number of benzene rings is 1. The number of carbonyl (C=O) groups is 2. The van der Waals surface area contributed by atoms with Crippen molar-refractivity contribution in [2.75, 3.05) is 43.4 Å². The first-order valence-electron chi connectivity index (χ1n) is 15.1. The maximum absolute atomic E-state index is 12.7. The fraction of sp³-hybridized carbons (Fsp3) is 0.406. The number of pyridine rings is 2. The number of anilines is 2. The molecule has 0 spiro atoms. The van der Waals surface area contributed by atoms with Gasteiger partial charge < -0.3 is 26.0 Å². The Balaban J connectivity index is 1.04. The summed E-state index contributed by atoms with van der Waals surface area (Å²) in [5.41, 5.74) is 5.48. The van der Waals surface area contributed by atoms with Crippen LogP contribution in [0.15, 0.2) is 42.6 Å². The molecule has 0 saturated heterocycles. The lowest BCUT2D eigenvalue weighted by molar-refractivity contribution is -0.115. The summed E-state index contributed by atoms with van der Waals surface area (Å²) in [6.07, 6.45) is 8.35. The molecule has 4 N–H and O–H groups in total. The van der Waals surface area contributed by atoms with Gasteiger partial charge in [0.1, 0.15) is 10.8 Å². The van der Waals surface area contributed by atoms with Crippen molar-refractivity contribution in [1.82, 2.24) is 25.6 Å². The van der Waals surface area contributed by atoms with E-state index in [4.69, 9.17) is 9.72 Å². The van der Waals surface area contributed by atoms with Crippen LogP contribution in [-0.2, 0) is 17.6 Å². The Labute approximate surface area is 255 Å². The van der Waals surface area contributed by atoms with E-state index in [0.29, 0.717) is 53.7 Å². The molecule has 3 heterocycles. The second-order valence-electron chi connectivity index (χ2n) is 11.0. The van der Waals surface area contributed by atoms with E-state index in [1.807, 2.05) is 19.1 Å². The molecule has 11 heteroatoms. The average molecular weight is 600 g/mol. The Hall–Kier alpha value is -4.09. The van der Waals surface area contributed by atoms with Crippen LogP contribution in [0.25, 0.3) is 21.5 Å². The number of fused-ring (bicyclic) bond motifs is 2. The van der Waals surface area contributed by atoms with Crippen molar-refractivity contribution < 1.29 is 14.3 Å². The summed E-state index contributed by atoms with van der Waals surface area (Å²) >= 11 is 1.27. The standard InChI is InChI=1S/C32H37N7O3S/c1-2-34-30(41)29-31(42-19-20-11-12-20)39-32(43-29)21-13-14-35-26(17-21)38-27(40)18-33-15-16-36-28-22-7-3-5-9-24(22)37-25-10-6-4-8-23(25)28/h3,5,7,9,13-14,17,20,33H,2,4,6,8,10-12,15-16,18-19H2,1H3,(H,34,41)(H,36,37)(H,35,38,40). The van der Waals surface area contributed by atoms with Gasteiger partial charge in [0, 0.05) is 48.2 Å². The second-order valence-corrected chi connectivity index (χ2v) is 12.0. The highest BCUT2D eigenvalue weighted by molar-refractivity contribution is 7.17. The lowest BCUT2D eigenvalue weighted by atomic mass is 9.92. The fourth-order valence-electron chi connectivity index (χ4n) is 5.26. The summed E-state index contributed by atoms with van der Waals surface area (Å²) in [6, 6.07) is 11.8. The normalized spacial score (nSPS) is 14.3. The highest BCUT2D eigenvalue weighted by atomic mass is 32.1. The lowest BCUT2D eigenvalue weighted by Crippen LogP contribution is -2.31. The summed E-state index contributed by atoms with van der Waals surface area (Å²) < 4.78 is 5.90. The van der Waals surface area contributed by atoms with Gasteiger partial charge in [0.2, 0.25) is 11.8 Å². The van der Waals surface area contributed by atoms with E-state index in [1.54, 1.807) is 12.3 Å². The van der Waals surface area contributed by atoms with Crippen LogP contribution in [-0.4, -0.2) is 59.6 Å². The molecule has 10 nitrogen and oxygen atoms in total. The first kappa shape index (κ1) is 29.0. The van der Waals surface area contributed by atoms with Crippen molar-refractivity contribution in [2.24, 2.45) is 5.92 Å². The minimum absolute atomic E-state index is 0.153.